The zero-order valence-electron chi connectivity index (χ0n) is 10.1. The van der Waals surface area contributed by atoms with Crippen LogP contribution in [0.2, 0.25) is 0 Å². The predicted molar refractivity (Wildman–Crippen MR) is 77.7 cm³/mol. The van der Waals surface area contributed by atoms with Gasteiger partial charge in [0.1, 0.15) is 0 Å². The zero-order valence-corrected chi connectivity index (χ0v) is 10.9. The first kappa shape index (κ1) is 13.3. The Bertz CT molecular complexity index is 582. The van der Waals surface area contributed by atoms with Gasteiger partial charge in [0.25, 0.3) is 5.69 Å². The Kier molecular flexibility index (Phi) is 4.30. The van der Waals surface area contributed by atoms with Crippen LogP contribution < -0.4 is 0 Å². The van der Waals surface area contributed by atoms with Crippen molar-refractivity contribution in [3.05, 3.63) is 75.8 Å². The molecule has 4 nitrogen and oxygen atoms in total. The second kappa shape index (κ2) is 6.15. The number of hydrogen-bond donors (Lipinski definition) is 1. The Morgan fingerprint density at radius 1 is 1.11 bits per heavy atom. The van der Waals surface area contributed by atoms with Crippen molar-refractivity contribution in [3.63, 3.8) is 0 Å². The molecule has 0 unspecified atom stereocenters. The Morgan fingerprint density at radius 3 is 2.32 bits per heavy atom. The lowest BCUT2D eigenvalue weighted by Gasteiger charge is -2.04. The molecule has 0 fully saturated rings. The number of nitrogens with zero attached hydrogens (tertiary/aromatic N) is 1. The lowest BCUT2D eigenvalue weighted by atomic mass is 10.2. The molecule has 0 spiro atoms. The molecule has 0 bridgehead atoms. The summed E-state index contributed by atoms with van der Waals surface area (Å²) >= 11 is 1.41. The van der Waals surface area contributed by atoms with Crippen molar-refractivity contribution >= 4 is 22.5 Å². The standard InChI is InChI=1S/C14H12N2O2S/c15-14(19-10-11-4-2-1-3-5-11)12-6-8-13(9-7-12)16(17)18/h1-9,15H,10H2. The molecule has 1 N–H and O–H groups in total. The van der Waals surface area contributed by atoms with E-state index in [-0.39, 0.29) is 5.69 Å². The zero-order chi connectivity index (χ0) is 13.7. The van der Waals surface area contributed by atoms with E-state index in [0.717, 1.165) is 11.3 Å². The molecule has 0 saturated heterocycles. The smallest absolute Gasteiger partial charge is 0.269 e. The molecule has 0 aliphatic carbocycles. The Morgan fingerprint density at radius 2 is 1.74 bits per heavy atom. The summed E-state index contributed by atoms with van der Waals surface area (Å²) in [4.78, 5) is 10.1. The van der Waals surface area contributed by atoms with Crippen molar-refractivity contribution in [1.82, 2.24) is 0 Å². The van der Waals surface area contributed by atoms with Crippen molar-refractivity contribution in [2.24, 2.45) is 0 Å². The summed E-state index contributed by atoms with van der Waals surface area (Å²) in [5.41, 5.74) is 1.90. The van der Waals surface area contributed by atoms with Crippen LogP contribution in [0.15, 0.2) is 54.6 Å². The second-order valence-electron chi connectivity index (χ2n) is 3.91. The number of nitro groups is 1. The Balaban J connectivity index is 1.98. The third kappa shape index (κ3) is 3.66. The molecule has 2 rings (SSSR count). The van der Waals surface area contributed by atoms with Crippen LogP contribution in [0.25, 0.3) is 0 Å². The van der Waals surface area contributed by atoms with E-state index in [1.807, 2.05) is 30.3 Å². The molecule has 2 aromatic rings. The molecule has 0 aliphatic heterocycles. The van der Waals surface area contributed by atoms with E-state index >= 15 is 0 Å². The van der Waals surface area contributed by atoms with Crippen LogP contribution in [-0.2, 0) is 5.75 Å². The maximum Gasteiger partial charge on any atom is 0.269 e. The fraction of sp³-hybridized carbons (Fsp3) is 0.0714. The van der Waals surface area contributed by atoms with Crippen LogP contribution in [0.5, 0.6) is 0 Å². The molecule has 0 aliphatic rings. The van der Waals surface area contributed by atoms with Crippen LogP contribution in [0, 0.1) is 15.5 Å². The van der Waals surface area contributed by atoms with Crippen LogP contribution >= 0.6 is 11.8 Å². The van der Waals surface area contributed by atoms with Crippen molar-refractivity contribution < 1.29 is 4.92 Å². The van der Waals surface area contributed by atoms with Crippen LogP contribution in [0.1, 0.15) is 11.1 Å². The normalized spacial score (nSPS) is 10.1. The highest BCUT2D eigenvalue weighted by Gasteiger charge is 2.07. The number of rotatable bonds is 4. The van der Waals surface area contributed by atoms with E-state index in [1.165, 1.54) is 23.9 Å². The summed E-state index contributed by atoms with van der Waals surface area (Å²) in [6.45, 7) is 0. The van der Waals surface area contributed by atoms with Crippen molar-refractivity contribution in [3.8, 4) is 0 Å². The van der Waals surface area contributed by atoms with Crippen LogP contribution in [0.3, 0.4) is 0 Å². The first-order chi connectivity index (χ1) is 9.16. The highest BCUT2D eigenvalue weighted by Crippen LogP contribution is 2.20. The third-order valence-corrected chi connectivity index (χ3v) is 3.57. The molecule has 5 heteroatoms. The van der Waals surface area contributed by atoms with Crippen molar-refractivity contribution in [2.75, 3.05) is 0 Å². The third-order valence-electron chi connectivity index (χ3n) is 2.57. The molecule has 0 aromatic heterocycles. The van der Waals surface area contributed by atoms with E-state index in [4.69, 9.17) is 5.41 Å². The van der Waals surface area contributed by atoms with Gasteiger partial charge in [-0.05, 0) is 17.7 Å². The molecule has 0 radical (unpaired) electrons. The van der Waals surface area contributed by atoms with Gasteiger partial charge in [0.2, 0.25) is 0 Å². The molecular formula is C14H12N2O2S. The fourth-order valence-corrected chi connectivity index (χ4v) is 2.35. The van der Waals surface area contributed by atoms with Crippen LogP contribution in [0.4, 0.5) is 5.69 Å². The van der Waals surface area contributed by atoms with E-state index < -0.39 is 4.92 Å². The maximum atomic E-state index is 10.5. The summed E-state index contributed by atoms with van der Waals surface area (Å²) in [5, 5.41) is 18.9. The molecule has 19 heavy (non-hydrogen) atoms. The van der Waals surface area contributed by atoms with E-state index in [2.05, 4.69) is 0 Å². The molecule has 0 saturated carbocycles. The lowest BCUT2D eigenvalue weighted by molar-refractivity contribution is -0.384. The largest absolute Gasteiger partial charge is 0.293 e. The second-order valence-corrected chi connectivity index (χ2v) is 4.89. The van der Waals surface area contributed by atoms with Gasteiger partial charge >= 0.3 is 0 Å². The minimum Gasteiger partial charge on any atom is -0.293 e. The van der Waals surface area contributed by atoms with E-state index in [0.29, 0.717) is 10.6 Å². The van der Waals surface area contributed by atoms with E-state index in [1.54, 1.807) is 12.1 Å². The molecule has 0 atom stereocenters. The average molecular weight is 272 g/mol. The SMILES string of the molecule is N=C(SCc1ccccc1)c1ccc([N+](=O)[O-])cc1. The summed E-state index contributed by atoms with van der Waals surface area (Å²) in [6.07, 6.45) is 0. The van der Waals surface area contributed by atoms with Crippen molar-refractivity contribution in [2.45, 2.75) is 5.75 Å². The molecular weight excluding hydrogens is 260 g/mol. The lowest BCUT2D eigenvalue weighted by Crippen LogP contribution is -1.95. The summed E-state index contributed by atoms with van der Waals surface area (Å²) in [6, 6.07) is 16.0. The predicted octanol–water partition coefficient (Wildman–Crippen LogP) is 3.85. The molecule has 96 valence electrons. The Labute approximate surface area is 115 Å². The van der Waals surface area contributed by atoms with Gasteiger partial charge in [-0.2, -0.15) is 0 Å². The average Bonchev–Trinajstić information content (AvgIpc) is 2.46. The van der Waals surface area contributed by atoms with Gasteiger partial charge in [-0.1, -0.05) is 30.3 Å². The summed E-state index contributed by atoms with van der Waals surface area (Å²) in [5.74, 6) is 0.719. The van der Waals surface area contributed by atoms with Gasteiger partial charge in [-0.3, -0.25) is 15.5 Å². The highest BCUT2D eigenvalue weighted by molar-refractivity contribution is 8.13. The minimum atomic E-state index is -0.440. The first-order valence-corrected chi connectivity index (χ1v) is 6.65. The quantitative estimate of drug-likeness (QED) is 0.398. The van der Waals surface area contributed by atoms with Gasteiger partial charge in [0.05, 0.1) is 9.97 Å². The fourth-order valence-electron chi connectivity index (χ4n) is 1.55. The highest BCUT2D eigenvalue weighted by atomic mass is 32.2. The maximum absolute atomic E-state index is 10.5. The van der Waals surface area contributed by atoms with Gasteiger partial charge in [-0.15, -0.1) is 11.8 Å². The minimum absolute atomic E-state index is 0.0459. The summed E-state index contributed by atoms with van der Waals surface area (Å²) < 4.78 is 0. The molecule has 2 aromatic carbocycles. The number of hydrogen-bond acceptors (Lipinski definition) is 4. The topological polar surface area (TPSA) is 67.0 Å². The molecule has 0 amide bonds. The Hall–Kier alpha value is -2.14. The number of thioether (sulfide) groups is 1. The van der Waals surface area contributed by atoms with Crippen molar-refractivity contribution in [1.29, 1.82) is 5.41 Å². The summed E-state index contributed by atoms with van der Waals surface area (Å²) in [7, 11) is 0. The number of nitro benzene ring substituents is 1. The van der Waals surface area contributed by atoms with Gasteiger partial charge in [-0.25, -0.2) is 0 Å². The van der Waals surface area contributed by atoms with Gasteiger partial charge in [0, 0.05) is 23.4 Å². The first-order valence-electron chi connectivity index (χ1n) is 5.67. The molecule has 0 heterocycles. The van der Waals surface area contributed by atoms with Gasteiger partial charge < -0.3 is 0 Å². The van der Waals surface area contributed by atoms with Gasteiger partial charge in [0.15, 0.2) is 0 Å². The van der Waals surface area contributed by atoms with E-state index in [9.17, 15) is 10.1 Å². The number of benzene rings is 2. The monoisotopic (exact) mass is 272 g/mol. The van der Waals surface area contributed by atoms with Crippen LogP contribution in [-0.4, -0.2) is 9.97 Å². The number of nitrogens with one attached hydrogen (secondary N) is 1. The number of non-ortho nitro benzene ring substituents is 1.